The SMILES string of the molecule is Cc1ncccc1-c1ccc(C(=O)NCC(=O)C2CCCCC2N2C[C@H](Cl)[C@H]3OCC(=O)[C@H]32)s1. The summed E-state index contributed by atoms with van der Waals surface area (Å²) in [4.78, 5) is 46.4. The Morgan fingerprint density at radius 2 is 2.09 bits per heavy atom. The number of aryl methyl sites for hydroxylation is 1. The van der Waals surface area contributed by atoms with Crippen molar-refractivity contribution in [3.63, 3.8) is 0 Å². The minimum Gasteiger partial charge on any atom is -0.367 e. The summed E-state index contributed by atoms with van der Waals surface area (Å²) in [7, 11) is 0. The molecule has 2 aromatic rings. The van der Waals surface area contributed by atoms with E-state index in [1.165, 1.54) is 11.3 Å². The van der Waals surface area contributed by atoms with Crippen molar-refractivity contribution in [2.24, 2.45) is 5.92 Å². The third kappa shape index (κ3) is 4.44. The van der Waals surface area contributed by atoms with Gasteiger partial charge in [-0.2, -0.15) is 0 Å². The van der Waals surface area contributed by atoms with E-state index in [4.69, 9.17) is 16.3 Å². The minimum atomic E-state index is -0.351. The predicted molar refractivity (Wildman–Crippen MR) is 130 cm³/mol. The van der Waals surface area contributed by atoms with Crippen LogP contribution in [0.4, 0.5) is 0 Å². The van der Waals surface area contributed by atoms with Gasteiger partial charge in [0.2, 0.25) is 0 Å². The average molecular weight is 502 g/mol. The van der Waals surface area contributed by atoms with Gasteiger partial charge in [0, 0.05) is 40.8 Å². The third-order valence-corrected chi connectivity index (χ3v) is 8.76. The molecule has 0 radical (unpaired) electrons. The monoisotopic (exact) mass is 501 g/mol. The first-order chi connectivity index (χ1) is 16.4. The van der Waals surface area contributed by atoms with E-state index >= 15 is 0 Å². The lowest BCUT2D eigenvalue weighted by molar-refractivity contribution is -0.128. The summed E-state index contributed by atoms with van der Waals surface area (Å²) in [5.41, 5.74) is 1.91. The Kier molecular flexibility index (Phi) is 6.84. The Morgan fingerprint density at radius 3 is 2.91 bits per heavy atom. The number of aromatic nitrogens is 1. The van der Waals surface area contributed by atoms with Gasteiger partial charge < -0.3 is 10.1 Å². The van der Waals surface area contributed by atoms with Crippen LogP contribution >= 0.6 is 22.9 Å². The molecule has 3 fully saturated rings. The number of likely N-dealkylation sites (tertiary alicyclic amines) is 1. The van der Waals surface area contributed by atoms with Gasteiger partial charge in [-0.1, -0.05) is 18.9 Å². The van der Waals surface area contributed by atoms with Crippen LogP contribution in [0.5, 0.6) is 0 Å². The van der Waals surface area contributed by atoms with E-state index < -0.39 is 0 Å². The second kappa shape index (κ2) is 9.85. The van der Waals surface area contributed by atoms with Crippen LogP contribution in [-0.4, -0.2) is 70.6 Å². The average Bonchev–Trinajstić information content (AvgIpc) is 3.56. The van der Waals surface area contributed by atoms with Crippen LogP contribution < -0.4 is 5.32 Å². The molecule has 7 nitrogen and oxygen atoms in total. The topological polar surface area (TPSA) is 88.6 Å². The Labute approximate surface area is 207 Å². The summed E-state index contributed by atoms with van der Waals surface area (Å²) in [5.74, 6) is -0.406. The first kappa shape index (κ1) is 23.6. The number of halogens is 1. The molecule has 2 unspecified atom stereocenters. The van der Waals surface area contributed by atoms with Gasteiger partial charge in [-0.05, 0) is 38.0 Å². The van der Waals surface area contributed by atoms with E-state index in [1.807, 2.05) is 25.1 Å². The van der Waals surface area contributed by atoms with Crippen molar-refractivity contribution in [3.05, 3.63) is 41.0 Å². The fourth-order valence-electron chi connectivity index (χ4n) is 5.59. The summed E-state index contributed by atoms with van der Waals surface area (Å²) < 4.78 is 5.62. The summed E-state index contributed by atoms with van der Waals surface area (Å²) >= 11 is 7.87. The molecule has 0 aromatic carbocycles. The molecule has 5 rings (SSSR count). The molecule has 1 saturated carbocycles. The van der Waals surface area contributed by atoms with E-state index in [0.29, 0.717) is 11.4 Å². The number of alkyl halides is 1. The fraction of sp³-hybridized carbons (Fsp3) is 0.520. The van der Waals surface area contributed by atoms with Gasteiger partial charge in [0.1, 0.15) is 6.61 Å². The number of carbonyl (C=O) groups is 3. The van der Waals surface area contributed by atoms with Gasteiger partial charge in [0.05, 0.1) is 28.9 Å². The molecule has 2 aromatic heterocycles. The predicted octanol–water partition coefficient (Wildman–Crippen LogP) is 3.24. The van der Waals surface area contributed by atoms with Crippen molar-refractivity contribution in [1.29, 1.82) is 0 Å². The zero-order valence-corrected chi connectivity index (χ0v) is 20.6. The van der Waals surface area contributed by atoms with Gasteiger partial charge in [-0.15, -0.1) is 22.9 Å². The van der Waals surface area contributed by atoms with Crippen molar-refractivity contribution in [1.82, 2.24) is 15.2 Å². The number of hydrogen-bond acceptors (Lipinski definition) is 7. The molecule has 1 N–H and O–H groups in total. The zero-order chi connectivity index (χ0) is 23.8. The fourth-order valence-corrected chi connectivity index (χ4v) is 6.96. The highest BCUT2D eigenvalue weighted by atomic mass is 35.5. The smallest absolute Gasteiger partial charge is 0.261 e. The summed E-state index contributed by atoms with van der Waals surface area (Å²) in [6.07, 6.45) is 5.05. The molecular weight excluding hydrogens is 474 g/mol. The number of amides is 1. The number of nitrogens with zero attached hydrogens (tertiary/aromatic N) is 2. The number of thiophene rings is 1. The zero-order valence-electron chi connectivity index (χ0n) is 19.0. The van der Waals surface area contributed by atoms with Crippen molar-refractivity contribution >= 4 is 40.4 Å². The van der Waals surface area contributed by atoms with Crippen LogP contribution in [0.2, 0.25) is 0 Å². The molecule has 1 aliphatic carbocycles. The summed E-state index contributed by atoms with van der Waals surface area (Å²) in [6.45, 7) is 2.57. The quantitative estimate of drug-likeness (QED) is 0.611. The number of fused-ring (bicyclic) bond motifs is 1. The lowest BCUT2D eigenvalue weighted by atomic mass is 9.80. The summed E-state index contributed by atoms with van der Waals surface area (Å²) in [5, 5.41) is 2.58. The lowest BCUT2D eigenvalue weighted by Crippen LogP contribution is -2.52. The van der Waals surface area contributed by atoms with E-state index in [2.05, 4.69) is 15.2 Å². The molecular formula is C25H28ClN3O4S. The number of ketones is 2. The van der Waals surface area contributed by atoms with E-state index in [1.54, 1.807) is 12.3 Å². The van der Waals surface area contributed by atoms with E-state index in [9.17, 15) is 14.4 Å². The van der Waals surface area contributed by atoms with Crippen LogP contribution in [0, 0.1) is 12.8 Å². The van der Waals surface area contributed by atoms with Gasteiger partial charge >= 0.3 is 0 Å². The Bertz CT molecular complexity index is 1110. The molecule has 3 aliphatic rings. The van der Waals surface area contributed by atoms with Gasteiger partial charge in [-0.25, -0.2) is 0 Å². The number of pyridine rings is 1. The molecule has 180 valence electrons. The van der Waals surface area contributed by atoms with Crippen molar-refractivity contribution in [2.45, 2.75) is 56.2 Å². The molecule has 0 spiro atoms. The molecule has 2 aliphatic heterocycles. The normalized spacial score (nSPS) is 29.2. The molecule has 2 saturated heterocycles. The maximum absolute atomic E-state index is 13.2. The molecule has 34 heavy (non-hydrogen) atoms. The Balaban J connectivity index is 1.24. The Morgan fingerprint density at radius 1 is 1.26 bits per heavy atom. The summed E-state index contributed by atoms with van der Waals surface area (Å²) in [6, 6.07) is 7.17. The highest BCUT2D eigenvalue weighted by Crippen LogP contribution is 2.38. The van der Waals surface area contributed by atoms with Gasteiger partial charge in [0.25, 0.3) is 5.91 Å². The second-order valence-electron chi connectivity index (χ2n) is 9.31. The van der Waals surface area contributed by atoms with Crippen LogP contribution in [0.1, 0.15) is 41.0 Å². The number of ether oxygens (including phenoxy) is 1. The maximum Gasteiger partial charge on any atom is 0.261 e. The second-order valence-corrected chi connectivity index (χ2v) is 11.0. The molecule has 0 bridgehead atoms. The Hall–Kier alpha value is -2.13. The first-order valence-corrected chi connectivity index (χ1v) is 13.1. The highest BCUT2D eigenvalue weighted by molar-refractivity contribution is 7.17. The maximum atomic E-state index is 13.2. The third-order valence-electron chi connectivity index (χ3n) is 7.25. The van der Waals surface area contributed by atoms with Crippen molar-refractivity contribution in [3.8, 4) is 10.4 Å². The molecule has 4 heterocycles. The number of hydrogen-bond donors (Lipinski definition) is 1. The molecule has 9 heteroatoms. The van der Waals surface area contributed by atoms with E-state index in [0.717, 1.165) is 41.8 Å². The van der Waals surface area contributed by atoms with Crippen molar-refractivity contribution < 1.29 is 19.1 Å². The largest absolute Gasteiger partial charge is 0.367 e. The minimum absolute atomic E-state index is 0.0128. The molecule has 1 amide bonds. The number of nitrogens with one attached hydrogen (secondary N) is 1. The van der Waals surface area contributed by atoms with Gasteiger partial charge in [-0.3, -0.25) is 24.3 Å². The number of carbonyl (C=O) groups excluding carboxylic acids is 3. The molecule has 5 atom stereocenters. The van der Waals surface area contributed by atoms with Crippen LogP contribution in [0.25, 0.3) is 10.4 Å². The lowest BCUT2D eigenvalue weighted by Gasteiger charge is -2.39. The standard InChI is InChI=1S/C25H28ClN3O4S/c1-14-15(6-4-10-27-14)21-8-9-22(34-21)25(32)28-11-19(30)16-5-2-3-7-18(16)29-12-17(26)24-23(29)20(31)13-33-24/h4,6,8-10,16-18,23-24H,2-3,5,7,11-13H2,1H3,(H,28,32)/t16?,17-,18?,23+,24+/m0/s1. The van der Waals surface area contributed by atoms with Crippen LogP contribution in [0.15, 0.2) is 30.5 Å². The van der Waals surface area contributed by atoms with Crippen molar-refractivity contribution in [2.75, 3.05) is 19.7 Å². The van der Waals surface area contributed by atoms with Crippen LogP contribution in [-0.2, 0) is 14.3 Å². The highest BCUT2D eigenvalue weighted by Gasteiger charge is 2.53. The number of rotatable bonds is 6. The van der Waals surface area contributed by atoms with E-state index in [-0.39, 0.29) is 60.1 Å². The number of Topliss-reactive ketones (excluding diaryl/α,β-unsaturated/α-hetero) is 2. The van der Waals surface area contributed by atoms with Gasteiger partial charge in [0.15, 0.2) is 11.6 Å². The first-order valence-electron chi connectivity index (χ1n) is 11.8. The van der Waals surface area contributed by atoms with Crippen LogP contribution in [0.3, 0.4) is 0 Å².